The summed E-state index contributed by atoms with van der Waals surface area (Å²) in [5.74, 6) is -0.258. The molecule has 0 saturated heterocycles. The average Bonchev–Trinajstić information content (AvgIpc) is 2.16. The monoisotopic (exact) mass is 230 g/mol. The molecule has 3 N–H and O–H groups in total. The second kappa shape index (κ2) is 6.61. The van der Waals surface area contributed by atoms with Crippen LogP contribution in [0.25, 0.3) is 0 Å². The Balaban J connectivity index is 3.78. The molecule has 15 heavy (non-hydrogen) atoms. The zero-order chi connectivity index (χ0) is 11.9. The topological polar surface area (TPSA) is 72.2 Å². The third-order valence-electron chi connectivity index (χ3n) is 3.15. The minimum absolute atomic E-state index is 0.258. The first-order valence-electron chi connectivity index (χ1n) is 5.53. The minimum atomic E-state index is -1.10. The number of rotatable bonds is 6. The van der Waals surface area contributed by atoms with Gasteiger partial charge in [0.25, 0.3) is 0 Å². The van der Waals surface area contributed by atoms with Gasteiger partial charge >= 0.3 is 6.03 Å². The second-order valence-corrected chi connectivity index (χ2v) is 9.82. The van der Waals surface area contributed by atoms with Gasteiger partial charge in [0.05, 0.1) is 0 Å². The zero-order valence-electron chi connectivity index (χ0n) is 9.93. The van der Waals surface area contributed by atoms with Crippen LogP contribution >= 0.6 is 0 Å². The molecule has 88 valence electrons. The SMILES string of the molecule is CC[Si](C)(CC)CCCC(=O)NC(N)=O. The van der Waals surface area contributed by atoms with E-state index in [9.17, 15) is 9.59 Å². The number of imide groups is 1. The van der Waals surface area contributed by atoms with E-state index in [1.165, 1.54) is 12.1 Å². The van der Waals surface area contributed by atoms with Crippen molar-refractivity contribution in [3.63, 3.8) is 0 Å². The summed E-state index contributed by atoms with van der Waals surface area (Å²) in [4.78, 5) is 21.5. The number of nitrogens with two attached hydrogens (primary N) is 1. The molecule has 0 saturated carbocycles. The van der Waals surface area contributed by atoms with Crippen molar-refractivity contribution in [3.05, 3.63) is 0 Å². The maximum absolute atomic E-state index is 11.1. The van der Waals surface area contributed by atoms with Crippen molar-refractivity contribution in [2.45, 2.75) is 51.4 Å². The molecule has 0 spiro atoms. The molecule has 0 unspecified atom stereocenters. The van der Waals surface area contributed by atoms with Gasteiger partial charge in [0, 0.05) is 14.5 Å². The molecule has 0 aromatic rings. The van der Waals surface area contributed by atoms with Crippen molar-refractivity contribution in [1.29, 1.82) is 0 Å². The smallest absolute Gasteiger partial charge is 0.318 e. The van der Waals surface area contributed by atoms with E-state index in [4.69, 9.17) is 5.73 Å². The molecule has 3 amide bonds. The fourth-order valence-corrected chi connectivity index (χ4v) is 3.72. The molecule has 0 fully saturated rings. The summed E-state index contributed by atoms with van der Waals surface area (Å²) in [6, 6.07) is 2.89. The predicted molar refractivity (Wildman–Crippen MR) is 64.3 cm³/mol. The Morgan fingerprint density at radius 2 is 1.80 bits per heavy atom. The summed E-state index contributed by atoms with van der Waals surface area (Å²) in [5.41, 5.74) is 4.84. The van der Waals surface area contributed by atoms with Gasteiger partial charge in [-0.25, -0.2) is 4.79 Å². The number of carbonyl (C=O) groups is 2. The van der Waals surface area contributed by atoms with Crippen molar-refractivity contribution < 1.29 is 9.59 Å². The van der Waals surface area contributed by atoms with E-state index in [1.807, 2.05) is 0 Å². The van der Waals surface area contributed by atoms with Crippen molar-refractivity contribution in [1.82, 2.24) is 5.32 Å². The molecule has 0 aliphatic carbocycles. The highest BCUT2D eigenvalue weighted by Gasteiger charge is 2.21. The largest absolute Gasteiger partial charge is 0.351 e. The van der Waals surface area contributed by atoms with Crippen LogP contribution in [0.3, 0.4) is 0 Å². The van der Waals surface area contributed by atoms with E-state index in [-0.39, 0.29) is 5.91 Å². The fourth-order valence-electron chi connectivity index (χ4n) is 1.48. The first-order valence-corrected chi connectivity index (χ1v) is 8.65. The summed E-state index contributed by atoms with van der Waals surface area (Å²) in [7, 11) is -1.10. The second-order valence-electron chi connectivity index (χ2n) is 4.28. The van der Waals surface area contributed by atoms with Gasteiger partial charge in [-0.15, -0.1) is 0 Å². The van der Waals surface area contributed by atoms with Crippen LogP contribution in [0.1, 0.15) is 26.7 Å². The Hall–Kier alpha value is -0.843. The maximum atomic E-state index is 11.1. The highest BCUT2D eigenvalue weighted by molar-refractivity contribution is 6.78. The number of hydrogen-bond acceptors (Lipinski definition) is 2. The summed E-state index contributed by atoms with van der Waals surface area (Å²) < 4.78 is 0. The standard InChI is InChI=1S/C10H22N2O2Si/c1-4-15(3,5-2)8-6-7-9(13)12-10(11)14/h4-8H2,1-3H3,(H3,11,12,13,14). The molecule has 4 nitrogen and oxygen atoms in total. The summed E-state index contributed by atoms with van der Waals surface area (Å²) in [6.07, 6.45) is 1.27. The van der Waals surface area contributed by atoms with Crippen molar-refractivity contribution in [2.75, 3.05) is 0 Å². The van der Waals surface area contributed by atoms with E-state index in [0.29, 0.717) is 6.42 Å². The molecule has 0 heterocycles. The first kappa shape index (κ1) is 14.2. The third kappa shape index (κ3) is 6.27. The Labute approximate surface area is 92.6 Å². The van der Waals surface area contributed by atoms with E-state index in [0.717, 1.165) is 12.5 Å². The van der Waals surface area contributed by atoms with E-state index >= 15 is 0 Å². The van der Waals surface area contributed by atoms with Crippen LogP contribution < -0.4 is 11.1 Å². The maximum Gasteiger partial charge on any atom is 0.318 e. The molecular weight excluding hydrogens is 208 g/mol. The van der Waals surface area contributed by atoms with Crippen LogP contribution in [0.15, 0.2) is 0 Å². The molecule has 0 rings (SSSR count). The highest BCUT2D eigenvalue weighted by Crippen LogP contribution is 2.22. The van der Waals surface area contributed by atoms with Crippen LogP contribution in [0.5, 0.6) is 0 Å². The summed E-state index contributed by atoms with van der Waals surface area (Å²) >= 11 is 0. The normalized spacial score (nSPS) is 11.1. The predicted octanol–water partition coefficient (Wildman–Crippen LogP) is 2.08. The lowest BCUT2D eigenvalue weighted by molar-refractivity contribution is -0.119. The van der Waals surface area contributed by atoms with Crippen molar-refractivity contribution >= 4 is 20.0 Å². The zero-order valence-corrected chi connectivity index (χ0v) is 10.9. The quantitative estimate of drug-likeness (QED) is 0.686. The molecular formula is C10H22N2O2Si. The van der Waals surface area contributed by atoms with E-state index in [1.54, 1.807) is 0 Å². The number of nitrogens with one attached hydrogen (secondary N) is 1. The molecule has 0 aliphatic rings. The Morgan fingerprint density at radius 1 is 1.27 bits per heavy atom. The lowest BCUT2D eigenvalue weighted by Gasteiger charge is -2.23. The van der Waals surface area contributed by atoms with E-state index < -0.39 is 14.1 Å². The van der Waals surface area contributed by atoms with Crippen molar-refractivity contribution in [2.24, 2.45) is 5.73 Å². The Kier molecular flexibility index (Phi) is 6.23. The number of hydrogen-bond donors (Lipinski definition) is 2. The Bertz CT molecular complexity index is 227. The van der Waals surface area contributed by atoms with Crippen LogP contribution in [-0.4, -0.2) is 20.0 Å². The number of carbonyl (C=O) groups excluding carboxylic acids is 2. The average molecular weight is 230 g/mol. The molecule has 0 atom stereocenters. The lowest BCUT2D eigenvalue weighted by atomic mass is 10.3. The summed E-state index contributed by atoms with van der Waals surface area (Å²) in [6.45, 7) is 6.80. The number of primary amides is 1. The van der Waals surface area contributed by atoms with Gasteiger partial charge in [-0.05, 0) is 6.42 Å². The highest BCUT2D eigenvalue weighted by atomic mass is 28.3. The minimum Gasteiger partial charge on any atom is -0.351 e. The van der Waals surface area contributed by atoms with Gasteiger partial charge < -0.3 is 5.73 Å². The third-order valence-corrected chi connectivity index (χ3v) is 8.13. The van der Waals surface area contributed by atoms with Crippen LogP contribution in [0.4, 0.5) is 4.79 Å². The van der Waals surface area contributed by atoms with Gasteiger partial charge in [0.1, 0.15) is 0 Å². The van der Waals surface area contributed by atoms with Crippen LogP contribution in [0.2, 0.25) is 24.7 Å². The lowest BCUT2D eigenvalue weighted by Crippen LogP contribution is -2.35. The molecule has 0 aromatic carbocycles. The van der Waals surface area contributed by atoms with Gasteiger partial charge in [0.15, 0.2) is 0 Å². The van der Waals surface area contributed by atoms with Gasteiger partial charge in [0.2, 0.25) is 5.91 Å². The Morgan fingerprint density at radius 3 is 2.20 bits per heavy atom. The molecule has 0 radical (unpaired) electrons. The molecule has 0 aromatic heterocycles. The fraction of sp³-hybridized carbons (Fsp3) is 0.800. The molecule has 0 bridgehead atoms. The molecule has 0 aliphatic heterocycles. The van der Waals surface area contributed by atoms with Crippen LogP contribution in [-0.2, 0) is 4.79 Å². The van der Waals surface area contributed by atoms with Crippen LogP contribution in [0, 0.1) is 0 Å². The van der Waals surface area contributed by atoms with Crippen molar-refractivity contribution in [3.8, 4) is 0 Å². The number of urea groups is 1. The first-order chi connectivity index (χ1) is 6.93. The van der Waals surface area contributed by atoms with E-state index in [2.05, 4.69) is 25.7 Å². The summed E-state index contributed by atoms with van der Waals surface area (Å²) in [5, 5.41) is 2.08. The van der Waals surface area contributed by atoms with Gasteiger partial charge in [-0.1, -0.05) is 38.5 Å². The molecule has 5 heteroatoms. The van der Waals surface area contributed by atoms with Gasteiger partial charge in [-0.2, -0.15) is 0 Å². The van der Waals surface area contributed by atoms with Gasteiger partial charge in [-0.3, -0.25) is 10.1 Å². The number of amides is 3.